The molecule has 1 unspecified atom stereocenters. The minimum absolute atomic E-state index is 0.0460. The van der Waals surface area contributed by atoms with Gasteiger partial charge < -0.3 is 10.1 Å². The van der Waals surface area contributed by atoms with Gasteiger partial charge in [0.05, 0.1) is 31.5 Å². The first-order chi connectivity index (χ1) is 13.1. The van der Waals surface area contributed by atoms with Gasteiger partial charge in [0.25, 0.3) is 0 Å². The number of ether oxygens (including phenoxy) is 1. The smallest absolute Gasteiger partial charge is 0.224 e. The number of nitrogens with one attached hydrogen (secondary N) is 1. The van der Waals surface area contributed by atoms with E-state index in [0.717, 1.165) is 44.0 Å². The summed E-state index contributed by atoms with van der Waals surface area (Å²) in [5.74, 6) is 0.642. The van der Waals surface area contributed by atoms with E-state index < -0.39 is 0 Å². The number of benzene rings is 1. The SMILES string of the molecule is CC(C)CC(CNC(=O)Cc1cnn(-c2ccccc2)c1)N1CCOCC1. The Labute approximate surface area is 161 Å². The van der Waals surface area contributed by atoms with E-state index in [-0.39, 0.29) is 5.91 Å². The molecule has 3 rings (SSSR count). The van der Waals surface area contributed by atoms with Crippen molar-refractivity contribution in [3.05, 3.63) is 48.3 Å². The summed E-state index contributed by atoms with van der Waals surface area (Å²) >= 11 is 0. The van der Waals surface area contributed by atoms with Crippen LogP contribution in [0.1, 0.15) is 25.8 Å². The molecule has 1 fully saturated rings. The Morgan fingerprint density at radius 3 is 2.67 bits per heavy atom. The van der Waals surface area contributed by atoms with Crippen LogP contribution in [0.3, 0.4) is 0 Å². The number of rotatable bonds is 8. The molecule has 1 aromatic heterocycles. The number of nitrogens with zero attached hydrogens (tertiary/aromatic N) is 3. The molecule has 1 aliphatic heterocycles. The number of hydrogen-bond donors (Lipinski definition) is 1. The Bertz CT molecular complexity index is 708. The molecule has 0 aliphatic carbocycles. The van der Waals surface area contributed by atoms with Crippen molar-refractivity contribution in [1.29, 1.82) is 0 Å². The molecular formula is C21H30N4O2. The monoisotopic (exact) mass is 370 g/mol. The quantitative estimate of drug-likeness (QED) is 0.774. The van der Waals surface area contributed by atoms with Gasteiger partial charge in [-0.3, -0.25) is 9.69 Å². The maximum absolute atomic E-state index is 12.4. The van der Waals surface area contributed by atoms with Crippen molar-refractivity contribution in [1.82, 2.24) is 20.0 Å². The minimum Gasteiger partial charge on any atom is -0.379 e. The largest absolute Gasteiger partial charge is 0.379 e. The highest BCUT2D eigenvalue weighted by molar-refractivity contribution is 5.78. The number of carbonyl (C=O) groups is 1. The first-order valence-corrected chi connectivity index (χ1v) is 9.79. The summed E-state index contributed by atoms with van der Waals surface area (Å²) in [6.07, 6.45) is 5.11. The van der Waals surface area contributed by atoms with Crippen molar-refractivity contribution < 1.29 is 9.53 Å². The van der Waals surface area contributed by atoms with Crippen molar-refractivity contribution in [3.63, 3.8) is 0 Å². The molecule has 1 aromatic carbocycles. The molecular weight excluding hydrogens is 340 g/mol. The van der Waals surface area contributed by atoms with Crippen LogP contribution in [0.2, 0.25) is 0 Å². The van der Waals surface area contributed by atoms with Gasteiger partial charge in [0.2, 0.25) is 5.91 Å². The molecule has 6 nitrogen and oxygen atoms in total. The van der Waals surface area contributed by atoms with Crippen LogP contribution >= 0.6 is 0 Å². The summed E-state index contributed by atoms with van der Waals surface area (Å²) in [7, 11) is 0. The molecule has 0 radical (unpaired) electrons. The van der Waals surface area contributed by atoms with Crippen LogP contribution in [0.5, 0.6) is 0 Å². The zero-order valence-electron chi connectivity index (χ0n) is 16.3. The van der Waals surface area contributed by atoms with Crippen LogP contribution in [0.25, 0.3) is 5.69 Å². The van der Waals surface area contributed by atoms with Gasteiger partial charge >= 0.3 is 0 Å². The number of morpholine rings is 1. The maximum atomic E-state index is 12.4. The fourth-order valence-corrected chi connectivity index (χ4v) is 3.50. The maximum Gasteiger partial charge on any atom is 0.224 e. The molecule has 0 bridgehead atoms. The molecule has 2 aromatic rings. The number of carbonyl (C=O) groups excluding carboxylic acids is 1. The predicted octanol–water partition coefficient (Wildman–Crippen LogP) is 2.28. The van der Waals surface area contributed by atoms with Gasteiger partial charge in [-0.2, -0.15) is 5.10 Å². The van der Waals surface area contributed by atoms with Crippen molar-refractivity contribution in [2.45, 2.75) is 32.7 Å². The molecule has 2 heterocycles. The molecule has 27 heavy (non-hydrogen) atoms. The average Bonchev–Trinajstić information content (AvgIpc) is 3.14. The van der Waals surface area contributed by atoms with Crippen LogP contribution in [0.15, 0.2) is 42.7 Å². The highest BCUT2D eigenvalue weighted by Gasteiger charge is 2.22. The van der Waals surface area contributed by atoms with Gasteiger partial charge in [-0.1, -0.05) is 32.0 Å². The predicted molar refractivity (Wildman–Crippen MR) is 106 cm³/mol. The zero-order chi connectivity index (χ0) is 19.1. The first kappa shape index (κ1) is 19.6. The van der Waals surface area contributed by atoms with Gasteiger partial charge in [-0.15, -0.1) is 0 Å². The number of para-hydroxylation sites is 1. The third-order valence-corrected chi connectivity index (χ3v) is 4.86. The fourth-order valence-electron chi connectivity index (χ4n) is 3.50. The average molecular weight is 370 g/mol. The van der Waals surface area contributed by atoms with E-state index in [4.69, 9.17) is 4.74 Å². The number of aromatic nitrogens is 2. The molecule has 1 N–H and O–H groups in total. The van der Waals surface area contributed by atoms with E-state index in [9.17, 15) is 4.79 Å². The molecule has 146 valence electrons. The molecule has 1 amide bonds. The molecule has 0 saturated carbocycles. The van der Waals surface area contributed by atoms with Crippen LogP contribution in [0, 0.1) is 5.92 Å². The number of hydrogen-bond acceptors (Lipinski definition) is 4. The summed E-state index contributed by atoms with van der Waals surface area (Å²) in [6.45, 7) is 8.58. The van der Waals surface area contributed by atoms with E-state index in [0.29, 0.717) is 24.9 Å². The second-order valence-electron chi connectivity index (χ2n) is 7.54. The summed E-state index contributed by atoms with van der Waals surface area (Å²) in [4.78, 5) is 14.9. The lowest BCUT2D eigenvalue weighted by molar-refractivity contribution is -0.120. The van der Waals surface area contributed by atoms with E-state index in [1.807, 2.05) is 36.5 Å². The Hall–Kier alpha value is -2.18. The van der Waals surface area contributed by atoms with Gasteiger partial charge in [0.1, 0.15) is 0 Å². The van der Waals surface area contributed by atoms with E-state index in [1.165, 1.54) is 0 Å². The van der Waals surface area contributed by atoms with Crippen LogP contribution < -0.4 is 5.32 Å². The van der Waals surface area contributed by atoms with Crippen molar-refractivity contribution in [3.8, 4) is 5.69 Å². The van der Waals surface area contributed by atoms with Gasteiger partial charge in [0, 0.05) is 31.9 Å². The van der Waals surface area contributed by atoms with Gasteiger partial charge in [-0.05, 0) is 30.0 Å². The Kier molecular flexibility index (Phi) is 7.01. The Morgan fingerprint density at radius 1 is 1.22 bits per heavy atom. The van der Waals surface area contributed by atoms with Gasteiger partial charge in [-0.25, -0.2) is 4.68 Å². The second kappa shape index (κ2) is 9.67. The first-order valence-electron chi connectivity index (χ1n) is 9.79. The van der Waals surface area contributed by atoms with Crippen molar-refractivity contribution >= 4 is 5.91 Å². The molecule has 0 spiro atoms. The van der Waals surface area contributed by atoms with Crippen LogP contribution in [-0.4, -0.2) is 59.5 Å². The highest BCUT2D eigenvalue weighted by atomic mass is 16.5. The lowest BCUT2D eigenvalue weighted by Gasteiger charge is -2.35. The Balaban J connectivity index is 1.52. The minimum atomic E-state index is 0.0460. The van der Waals surface area contributed by atoms with E-state index in [2.05, 4.69) is 29.2 Å². The Morgan fingerprint density at radius 2 is 1.96 bits per heavy atom. The standard InChI is InChI=1S/C21H30N4O2/c1-17(2)12-20(24-8-10-27-11-9-24)15-22-21(26)13-18-14-23-25(16-18)19-6-4-3-5-7-19/h3-7,14,16-17,20H,8-13,15H2,1-2H3,(H,22,26). The highest BCUT2D eigenvalue weighted by Crippen LogP contribution is 2.13. The molecule has 6 heteroatoms. The molecule has 1 aliphatic rings. The van der Waals surface area contributed by atoms with Crippen LogP contribution in [0.4, 0.5) is 0 Å². The molecule has 1 atom stereocenters. The summed E-state index contributed by atoms with van der Waals surface area (Å²) in [5.41, 5.74) is 1.91. The normalized spacial score (nSPS) is 16.4. The lowest BCUT2D eigenvalue weighted by atomic mass is 10.0. The van der Waals surface area contributed by atoms with Crippen molar-refractivity contribution in [2.24, 2.45) is 5.92 Å². The van der Waals surface area contributed by atoms with E-state index >= 15 is 0 Å². The van der Waals surface area contributed by atoms with Crippen LogP contribution in [-0.2, 0) is 16.0 Å². The molecule has 1 saturated heterocycles. The fraction of sp³-hybridized carbons (Fsp3) is 0.524. The van der Waals surface area contributed by atoms with E-state index in [1.54, 1.807) is 10.9 Å². The third-order valence-electron chi connectivity index (χ3n) is 4.86. The van der Waals surface area contributed by atoms with Gasteiger partial charge in [0.15, 0.2) is 0 Å². The second-order valence-corrected chi connectivity index (χ2v) is 7.54. The topological polar surface area (TPSA) is 59.4 Å². The van der Waals surface area contributed by atoms with Crippen molar-refractivity contribution in [2.75, 3.05) is 32.8 Å². The lowest BCUT2D eigenvalue weighted by Crippen LogP contribution is -2.49. The summed E-state index contributed by atoms with van der Waals surface area (Å²) in [5, 5.41) is 7.49. The summed E-state index contributed by atoms with van der Waals surface area (Å²) < 4.78 is 7.26. The zero-order valence-corrected chi connectivity index (χ0v) is 16.3. The third kappa shape index (κ3) is 5.91. The summed E-state index contributed by atoms with van der Waals surface area (Å²) in [6, 6.07) is 10.3. The number of amides is 1.